The SMILES string of the molecule is COc1ccc([C@H](O)c2nnc(-c3ccccc3)o2)cc1OC. The Morgan fingerprint density at radius 2 is 1.70 bits per heavy atom. The molecule has 118 valence electrons. The maximum absolute atomic E-state index is 10.4. The van der Waals surface area contributed by atoms with Crippen molar-refractivity contribution in [3.05, 3.63) is 60.0 Å². The van der Waals surface area contributed by atoms with Crippen molar-refractivity contribution in [3.63, 3.8) is 0 Å². The summed E-state index contributed by atoms with van der Waals surface area (Å²) >= 11 is 0. The number of ether oxygens (including phenoxy) is 2. The van der Waals surface area contributed by atoms with Crippen molar-refractivity contribution in [3.8, 4) is 23.0 Å². The number of hydrogen-bond acceptors (Lipinski definition) is 6. The Bertz CT molecular complexity index is 786. The fraction of sp³-hybridized carbons (Fsp3) is 0.176. The van der Waals surface area contributed by atoms with Gasteiger partial charge in [0.15, 0.2) is 17.6 Å². The standard InChI is InChI=1S/C17H16N2O4/c1-21-13-9-8-12(10-14(13)22-2)15(20)17-19-18-16(23-17)11-6-4-3-5-7-11/h3-10,15,20H,1-2H3/t15-/m0/s1. The largest absolute Gasteiger partial charge is 0.493 e. The van der Waals surface area contributed by atoms with E-state index < -0.39 is 6.10 Å². The van der Waals surface area contributed by atoms with E-state index in [9.17, 15) is 5.11 Å². The second kappa shape index (κ2) is 6.50. The van der Waals surface area contributed by atoms with Crippen molar-refractivity contribution in [1.82, 2.24) is 10.2 Å². The molecule has 3 aromatic rings. The number of rotatable bonds is 5. The summed E-state index contributed by atoms with van der Waals surface area (Å²) in [4.78, 5) is 0. The van der Waals surface area contributed by atoms with Crippen LogP contribution in [0.15, 0.2) is 52.9 Å². The topological polar surface area (TPSA) is 77.6 Å². The van der Waals surface area contributed by atoms with Crippen molar-refractivity contribution in [2.75, 3.05) is 14.2 Å². The molecule has 0 amide bonds. The first kappa shape index (κ1) is 15.1. The second-order valence-electron chi connectivity index (χ2n) is 4.83. The van der Waals surface area contributed by atoms with Crippen LogP contribution in [0.4, 0.5) is 0 Å². The number of benzene rings is 2. The zero-order valence-corrected chi connectivity index (χ0v) is 12.8. The predicted octanol–water partition coefficient (Wildman–Crippen LogP) is 2.84. The maximum atomic E-state index is 10.4. The monoisotopic (exact) mass is 312 g/mol. The lowest BCUT2D eigenvalue weighted by atomic mass is 10.1. The molecule has 3 rings (SSSR count). The molecule has 0 unspecified atom stereocenters. The molecule has 0 bridgehead atoms. The molecule has 0 fully saturated rings. The zero-order valence-electron chi connectivity index (χ0n) is 12.8. The third-order valence-electron chi connectivity index (χ3n) is 3.42. The van der Waals surface area contributed by atoms with Crippen LogP contribution in [0.3, 0.4) is 0 Å². The van der Waals surface area contributed by atoms with Crippen LogP contribution in [0.5, 0.6) is 11.5 Å². The van der Waals surface area contributed by atoms with Gasteiger partial charge in [0.2, 0.25) is 11.8 Å². The van der Waals surface area contributed by atoms with Gasteiger partial charge in [-0.1, -0.05) is 24.3 Å². The summed E-state index contributed by atoms with van der Waals surface area (Å²) < 4.78 is 16.0. The summed E-state index contributed by atoms with van der Waals surface area (Å²) in [5, 5.41) is 18.3. The Hall–Kier alpha value is -2.86. The molecule has 1 atom stereocenters. The van der Waals surface area contributed by atoms with E-state index in [1.165, 1.54) is 7.11 Å². The average molecular weight is 312 g/mol. The molecule has 6 heteroatoms. The van der Waals surface area contributed by atoms with Gasteiger partial charge in [-0.2, -0.15) is 0 Å². The normalized spacial score (nSPS) is 12.0. The fourth-order valence-corrected chi connectivity index (χ4v) is 2.21. The highest BCUT2D eigenvalue weighted by Crippen LogP contribution is 2.32. The Labute approximate surface area is 133 Å². The molecule has 2 aromatic carbocycles. The van der Waals surface area contributed by atoms with Gasteiger partial charge in [-0.15, -0.1) is 10.2 Å². The molecule has 0 aliphatic carbocycles. The van der Waals surface area contributed by atoms with Gasteiger partial charge in [-0.3, -0.25) is 0 Å². The van der Waals surface area contributed by atoms with Gasteiger partial charge in [0, 0.05) is 5.56 Å². The van der Waals surface area contributed by atoms with Crippen molar-refractivity contribution in [2.24, 2.45) is 0 Å². The Kier molecular flexibility index (Phi) is 4.25. The van der Waals surface area contributed by atoms with Gasteiger partial charge in [0.05, 0.1) is 14.2 Å². The number of aliphatic hydroxyl groups excluding tert-OH is 1. The summed E-state index contributed by atoms with van der Waals surface area (Å²) in [6, 6.07) is 14.5. The van der Waals surface area contributed by atoms with Crippen LogP contribution in [0, 0.1) is 0 Å². The number of aromatic nitrogens is 2. The third kappa shape index (κ3) is 3.02. The average Bonchev–Trinajstić information content (AvgIpc) is 3.11. The predicted molar refractivity (Wildman–Crippen MR) is 83.3 cm³/mol. The Morgan fingerprint density at radius 1 is 0.957 bits per heavy atom. The zero-order chi connectivity index (χ0) is 16.2. The van der Waals surface area contributed by atoms with Crippen LogP contribution in [0.25, 0.3) is 11.5 Å². The summed E-state index contributed by atoms with van der Waals surface area (Å²) in [5.74, 6) is 1.59. The number of methoxy groups -OCH3 is 2. The van der Waals surface area contributed by atoms with Gasteiger partial charge in [0.1, 0.15) is 0 Å². The van der Waals surface area contributed by atoms with E-state index in [-0.39, 0.29) is 5.89 Å². The lowest BCUT2D eigenvalue weighted by molar-refractivity contribution is 0.183. The highest BCUT2D eigenvalue weighted by atomic mass is 16.5. The molecule has 6 nitrogen and oxygen atoms in total. The second-order valence-corrected chi connectivity index (χ2v) is 4.83. The van der Waals surface area contributed by atoms with Crippen LogP contribution >= 0.6 is 0 Å². The van der Waals surface area contributed by atoms with Gasteiger partial charge in [-0.25, -0.2) is 0 Å². The first-order valence-electron chi connectivity index (χ1n) is 7.01. The van der Waals surface area contributed by atoms with E-state index in [0.717, 1.165) is 5.56 Å². The van der Waals surface area contributed by atoms with Crippen LogP contribution in [0.1, 0.15) is 17.6 Å². The molecule has 1 aromatic heterocycles. The minimum absolute atomic E-state index is 0.121. The van der Waals surface area contributed by atoms with Crippen LogP contribution in [-0.4, -0.2) is 29.5 Å². The molecule has 23 heavy (non-hydrogen) atoms. The van der Waals surface area contributed by atoms with Crippen molar-refractivity contribution >= 4 is 0 Å². The minimum atomic E-state index is -1.04. The van der Waals surface area contributed by atoms with Gasteiger partial charge in [-0.05, 0) is 29.8 Å². The van der Waals surface area contributed by atoms with E-state index in [4.69, 9.17) is 13.9 Å². The van der Waals surface area contributed by atoms with E-state index >= 15 is 0 Å². The molecule has 0 spiro atoms. The number of hydrogen-bond donors (Lipinski definition) is 1. The van der Waals surface area contributed by atoms with Gasteiger partial charge < -0.3 is 19.0 Å². The quantitative estimate of drug-likeness (QED) is 0.780. The highest BCUT2D eigenvalue weighted by molar-refractivity contribution is 5.52. The Balaban J connectivity index is 1.89. The smallest absolute Gasteiger partial charge is 0.249 e. The molecule has 0 aliphatic heterocycles. The number of aliphatic hydroxyl groups is 1. The van der Waals surface area contributed by atoms with Crippen molar-refractivity contribution in [1.29, 1.82) is 0 Å². The number of nitrogens with zero attached hydrogens (tertiary/aromatic N) is 2. The molecule has 0 saturated carbocycles. The van der Waals surface area contributed by atoms with Crippen LogP contribution in [-0.2, 0) is 0 Å². The first-order chi connectivity index (χ1) is 11.2. The van der Waals surface area contributed by atoms with Crippen molar-refractivity contribution < 1.29 is 19.0 Å². The molecular weight excluding hydrogens is 296 g/mol. The van der Waals surface area contributed by atoms with Gasteiger partial charge in [0.25, 0.3) is 0 Å². The molecule has 1 heterocycles. The Morgan fingerprint density at radius 3 is 2.39 bits per heavy atom. The van der Waals surface area contributed by atoms with E-state index in [2.05, 4.69) is 10.2 Å². The summed E-state index contributed by atoms with van der Waals surface area (Å²) in [7, 11) is 3.09. The molecule has 1 N–H and O–H groups in total. The minimum Gasteiger partial charge on any atom is -0.493 e. The summed E-state index contributed by atoms with van der Waals surface area (Å²) in [6.45, 7) is 0. The summed E-state index contributed by atoms with van der Waals surface area (Å²) in [5.41, 5.74) is 1.37. The van der Waals surface area contributed by atoms with E-state index in [1.54, 1.807) is 25.3 Å². The fourth-order valence-electron chi connectivity index (χ4n) is 2.21. The lowest BCUT2D eigenvalue weighted by Gasteiger charge is -2.11. The van der Waals surface area contributed by atoms with E-state index in [0.29, 0.717) is 23.0 Å². The molecule has 0 aliphatic rings. The van der Waals surface area contributed by atoms with Gasteiger partial charge >= 0.3 is 0 Å². The van der Waals surface area contributed by atoms with Crippen LogP contribution in [0.2, 0.25) is 0 Å². The highest BCUT2D eigenvalue weighted by Gasteiger charge is 2.20. The molecule has 0 radical (unpaired) electrons. The lowest BCUT2D eigenvalue weighted by Crippen LogP contribution is -2.01. The van der Waals surface area contributed by atoms with E-state index in [1.807, 2.05) is 30.3 Å². The molecule has 0 saturated heterocycles. The third-order valence-corrected chi connectivity index (χ3v) is 3.42. The van der Waals surface area contributed by atoms with Crippen molar-refractivity contribution in [2.45, 2.75) is 6.10 Å². The maximum Gasteiger partial charge on any atom is 0.249 e. The molecular formula is C17H16N2O4. The summed E-state index contributed by atoms with van der Waals surface area (Å²) in [6.07, 6.45) is -1.04. The van der Waals surface area contributed by atoms with Crippen LogP contribution < -0.4 is 9.47 Å². The first-order valence-corrected chi connectivity index (χ1v) is 7.01.